The van der Waals surface area contributed by atoms with Crippen LogP contribution in [-0.2, 0) is 9.59 Å². The Bertz CT molecular complexity index is 1420. The zero-order valence-electron chi connectivity index (χ0n) is 20.1. The van der Waals surface area contributed by atoms with Crippen molar-refractivity contribution in [3.8, 4) is 11.5 Å². The number of aliphatic hydroxyl groups excluding tert-OH is 1. The molecule has 0 radical (unpaired) electrons. The minimum atomic E-state index is -0.885. The summed E-state index contributed by atoms with van der Waals surface area (Å²) in [6.45, 7) is 3.12. The van der Waals surface area contributed by atoms with Gasteiger partial charge < -0.3 is 19.5 Å². The van der Waals surface area contributed by atoms with Crippen molar-refractivity contribution >= 4 is 40.4 Å². The smallest absolute Gasteiger partial charge is 0.300 e. The van der Waals surface area contributed by atoms with Crippen LogP contribution >= 0.6 is 11.6 Å². The second kappa shape index (κ2) is 9.24. The van der Waals surface area contributed by atoms with E-state index in [1.807, 2.05) is 18.9 Å². The summed E-state index contributed by atoms with van der Waals surface area (Å²) in [6, 6.07) is 16.6. The molecule has 2 aliphatic rings. The van der Waals surface area contributed by atoms with Crippen LogP contribution in [0.1, 0.15) is 22.7 Å². The van der Waals surface area contributed by atoms with Gasteiger partial charge in [0.1, 0.15) is 23.9 Å². The molecule has 0 aromatic heterocycles. The van der Waals surface area contributed by atoms with Gasteiger partial charge in [0.2, 0.25) is 0 Å². The van der Waals surface area contributed by atoms with Gasteiger partial charge in [0.15, 0.2) is 0 Å². The number of ether oxygens (including phenoxy) is 2. The number of nitrogens with zero attached hydrogens (tertiary/aromatic N) is 2. The van der Waals surface area contributed by atoms with Crippen LogP contribution in [0.25, 0.3) is 5.76 Å². The molecular formula is C28H25ClN2O5. The summed E-state index contributed by atoms with van der Waals surface area (Å²) >= 11 is 6.37. The van der Waals surface area contributed by atoms with E-state index in [0.29, 0.717) is 46.5 Å². The molecule has 0 bridgehead atoms. The van der Waals surface area contributed by atoms with Gasteiger partial charge in [-0.2, -0.15) is 0 Å². The molecule has 2 heterocycles. The first kappa shape index (κ1) is 23.8. The van der Waals surface area contributed by atoms with E-state index in [2.05, 4.69) is 0 Å². The lowest BCUT2D eigenvalue weighted by molar-refractivity contribution is -0.132. The van der Waals surface area contributed by atoms with Gasteiger partial charge in [-0.1, -0.05) is 29.8 Å². The Morgan fingerprint density at radius 2 is 1.92 bits per heavy atom. The maximum absolute atomic E-state index is 13.4. The fourth-order valence-corrected chi connectivity index (χ4v) is 4.79. The van der Waals surface area contributed by atoms with Crippen LogP contribution in [0.15, 0.2) is 66.2 Å². The molecule has 36 heavy (non-hydrogen) atoms. The summed E-state index contributed by atoms with van der Waals surface area (Å²) in [4.78, 5) is 30.2. The van der Waals surface area contributed by atoms with Crippen LogP contribution in [0.2, 0.25) is 5.02 Å². The number of hydrogen-bond acceptors (Lipinski definition) is 6. The molecule has 2 aliphatic heterocycles. The topological polar surface area (TPSA) is 79.3 Å². The van der Waals surface area contributed by atoms with Crippen molar-refractivity contribution in [2.24, 2.45) is 0 Å². The summed E-state index contributed by atoms with van der Waals surface area (Å²) < 4.78 is 11.1. The van der Waals surface area contributed by atoms with Gasteiger partial charge in [0, 0.05) is 23.3 Å². The van der Waals surface area contributed by atoms with Gasteiger partial charge in [-0.25, -0.2) is 0 Å². The van der Waals surface area contributed by atoms with Gasteiger partial charge >= 0.3 is 0 Å². The van der Waals surface area contributed by atoms with Gasteiger partial charge in [0.05, 0.1) is 31.0 Å². The van der Waals surface area contributed by atoms with Crippen LogP contribution in [0.5, 0.6) is 11.5 Å². The molecule has 1 amide bonds. The zero-order valence-corrected chi connectivity index (χ0v) is 20.9. The number of ketones is 1. The van der Waals surface area contributed by atoms with Crippen LogP contribution in [-0.4, -0.2) is 44.1 Å². The third-order valence-corrected chi connectivity index (χ3v) is 7.02. The molecule has 1 atom stereocenters. The maximum Gasteiger partial charge on any atom is 0.300 e. The summed E-state index contributed by atoms with van der Waals surface area (Å²) in [5.74, 6) is -0.530. The average Bonchev–Trinajstić information content (AvgIpc) is 3.15. The van der Waals surface area contributed by atoms with E-state index in [0.717, 1.165) is 11.3 Å². The molecule has 1 fully saturated rings. The fourth-order valence-electron chi connectivity index (χ4n) is 4.61. The normalized spacial score (nSPS) is 18.7. The van der Waals surface area contributed by atoms with Crippen LogP contribution < -0.4 is 19.3 Å². The van der Waals surface area contributed by atoms with Crippen LogP contribution in [0.4, 0.5) is 11.4 Å². The lowest BCUT2D eigenvalue weighted by Crippen LogP contribution is -2.29. The molecule has 184 valence electrons. The molecule has 1 unspecified atom stereocenters. The lowest BCUT2D eigenvalue weighted by atomic mass is 9.94. The quantitative estimate of drug-likeness (QED) is 0.302. The lowest BCUT2D eigenvalue weighted by Gasteiger charge is -2.28. The molecule has 0 spiro atoms. The van der Waals surface area contributed by atoms with Gasteiger partial charge in [-0.15, -0.1) is 0 Å². The van der Waals surface area contributed by atoms with E-state index in [1.165, 1.54) is 4.90 Å². The average molecular weight is 505 g/mol. The number of anilines is 2. The number of likely N-dealkylation sites (N-methyl/N-ethyl adjacent to an activating group) is 1. The fraction of sp³-hybridized carbons (Fsp3) is 0.214. The zero-order chi connectivity index (χ0) is 25.6. The molecule has 0 saturated carbocycles. The number of Topliss-reactive ketones (excluding diaryl/α,β-unsaturated/α-hetero) is 1. The second-order valence-electron chi connectivity index (χ2n) is 8.83. The highest BCUT2D eigenvalue weighted by atomic mass is 35.5. The number of aliphatic hydroxyl groups is 1. The number of rotatable bonds is 4. The monoisotopic (exact) mass is 504 g/mol. The number of halogens is 1. The number of carbonyl (C=O) groups excluding carboxylic acids is 2. The Labute approximate surface area is 214 Å². The van der Waals surface area contributed by atoms with E-state index in [-0.39, 0.29) is 11.3 Å². The Morgan fingerprint density at radius 1 is 1.11 bits per heavy atom. The van der Waals surface area contributed by atoms with Crippen molar-refractivity contribution in [1.82, 2.24) is 0 Å². The Balaban J connectivity index is 1.71. The summed E-state index contributed by atoms with van der Waals surface area (Å²) in [5.41, 5.74) is 3.12. The van der Waals surface area contributed by atoms with Crippen molar-refractivity contribution in [2.75, 3.05) is 37.1 Å². The summed E-state index contributed by atoms with van der Waals surface area (Å²) in [5, 5.41) is 12.0. The van der Waals surface area contributed by atoms with Crippen molar-refractivity contribution in [3.63, 3.8) is 0 Å². The SMILES string of the molecule is COc1cccc(C2/C(=C(/O)c3ccc4c(c3)N(C)CCO4)C(=O)C(=O)N2c2ccc(C)c(Cl)c2)c1. The van der Waals surface area contributed by atoms with Crippen molar-refractivity contribution < 1.29 is 24.2 Å². The maximum atomic E-state index is 13.4. The molecule has 1 saturated heterocycles. The second-order valence-corrected chi connectivity index (χ2v) is 9.24. The number of benzene rings is 3. The number of amides is 1. The van der Waals surface area contributed by atoms with E-state index in [9.17, 15) is 14.7 Å². The van der Waals surface area contributed by atoms with Crippen molar-refractivity contribution in [1.29, 1.82) is 0 Å². The summed E-state index contributed by atoms with van der Waals surface area (Å²) in [7, 11) is 3.48. The molecule has 3 aromatic rings. The standard InChI is InChI=1S/C28H25ClN2O5/c1-16-7-9-19(15-21(16)29)31-25(17-5-4-6-20(13-17)35-3)24(27(33)28(31)34)26(32)18-8-10-23-22(14-18)30(2)11-12-36-23/h4-10,13-15,25,32H,11-12H2,1-3H3/b26-24-. The largest absolute Gasteiger partial charge is 0.507 e. The number of methoxy groups -OCH3 is 1. The van der Waals surface area contributed by atoms with Crippen molar-refractivity contribution in [2.45, 2.75) is 13.0 Å². The third kappa shape index (κ3) is 3.95. The Kier molecular flexibility index (Phi) is 6.10. The van der Waals surface area contributed by atoms with E-state index in [4.69, 9.17) is 21.1 Å². The molecule has 5 rings (SSSR count). The molecule has 0 aliphatic carbocycles. The summed E-state index contributed by atoms with van der Waals surface area (Å²) in [6.07, 6.45) is 0. The number of carbonyl (C=O) groups is 2. The minimum absolute atomic E-state index is 0.00992. The predicted octanol–water partition coefficient (Wildman–Crippen LogP) is 5.11. The Morgan fingerprint density at radius 3 is 2.67 bits per heavy atom. The molecular weight excluding hydrogens is 480 g/mol. The minimum Gasteiger partial charge on any atom is -0.507 e. The number of aryl methyl sites for hydroxylation is 1. The van der Waals surface area contributed by atoms with Gasteiger partial charge in [-0.3, -0.25) is 14.5 Å². The predicted molar refractivity (Wildman–Crippen MR) is 139 cm³/mol. The number of fused-ring (bicyclic) bond motifs is 1. The molecule has 8 heteroatoms. The molecule has 7 nitrogen and oxygen atoms in total. The van der Waals surface area contributed by atoms with Crippen molar-refractivity contribution in [3.05, 3.63) is 87.9 Å². The van der Waals surface area contributed by atoms with Gasteiger partial charge in [-0.05, 0) is 60.5 Å². The molecule has 3 aromatic carbocycles. The van der Waals surface area contributed by atoms with Gasteiger partial charge in [0.25, 0.3) is 11.7 Å². The third-order valence-electron chi connectivity index (χ3n) is 6.62. The van der Waals surface area contributed by atoms with E-state index in [1.54, 1.807) is 67.8 Å². The van der Waals surface area contributed by atoms with E-state index < -0.39 is 17.7 Å². The highest BCUT2D eigenvalue weighted by Crippen LogP contribution is 2.44. The van der Waals surface area contributed by atoms with E-state index >= 15 is 0 Å². The first-order valence-electron chi connectivity index (χ1n) is 11.5. The highest BCUT2D eigenvalue weighted by Gasteiger charge is 2.47. The first-order valence-corrected chi connectivity index (χ1v) is 11.9. The first-order chi connectivity index (χ1) is 17.3. The number of hydrogen-bond donors (Lipinski definition) is 1. The Hall–Kier alpha value is -3.97. The van der Waals surface area contributed by atoms with Crippen LogP contribution in [0, 0.1) is 6.92 Å². The highest BCUT2D eigenvalue weighted by molar-refractivity contribution is 6.51. The molecule has 1 N–H and O–H groups in total. The van der Waals surface area contributed by atoms with Crippen LogP contribution in [0.3, 0.4) is 0 Å².